The molecule has 2 saturated heterocycles. The lowest BCUT2D eigenvalue weighted by Crippen LogP contribution is -2.52. The Kier molecular flexibility index (Phi) is 9.29. The van der Waals surface area contributed by atoms with Gasteiger partial charge < -0.3 is 29.7 Å². The molecule has 0 amide bonds. The van der Waals surface area contributed by atoms with E-state index in [9.17, 15) is 4.57 Å². The zero-order valence-corrected chi connectivity index (χ0v) is 32.1. The van der Waals surface area contributed by atoms with Crippen LogP contribution < -0.4 is 25.6 Å². The number of hydrogen-bond acceptors (Lipinski definition) is 10. The minimum atomic E-state index is -2.69. The Morgan fingerprint density at radius 2 is 1.60 bits per heavy atom. The lowest BCUT2D eigenvalue weighted by Gasteiger charge is -2.43. The first-order valence-electron chi connectivity index (χ1n) is 18.1. The highest BCUT2D eigenvalue weighted by atomic mass is 79.9. The van der Waals surface area contributed by atoms with Crippen molar-refractivity contribution in [1.29, 1.82) is 0 Å². The minimum Gasteiger partial charge on any atom is -0.495 e. The van der Waals surface area contributed by atoms with Crippen LogP contribution in [0.4, 0.5) is 28.8 Å². The lowest BCUT2D eigenvalue weighted by atomic mass is 10.00. The summed E-state index contributed by atoms with van der Waals surface area (Å²) in [6, 6.07) is 13.3. The molecule has 4 aromatic rings. The third kappa shape index (κ3) is 7.11. The molecule has 0 spiro atoms. The molecule has 2 aromatic heterocycles. The zero-order chi connectivity index (χ0) is 34.6. The number of nitrogens with one attached hydrogen (secondary N) is 2. The minimum absolute atomic E-state index is 0.481. The molecule has 2 aliphatic heterocycles. The highest BCUT2D eigenvalue weighted by molar-refractivity contribution is 9.10. The largest absolute Gasteiger partial charge is 0.495 e. The molecular formula is C38H48BrN8O2P. The van der Waals surface area contributed by atoms with Crippen LogP contribution in [0, 0.1) is 0 Å². The number of methoxy groups -OCH3 is 1. The highest BCUT2D eigenvalue weighted by Gasteiger charge is 2.32. The molecular weight excluding hydrogens is 711 g/mol. The molecule has 0 atom stereocenters. The number of piperidine rings is 1. The Balaban J connectivity index is 1.04. The summed E-state index contributed by atoms with van der Waals surface area (Å²) >= 11 is 3.66. The maximum Gasteiger partial charge on any atom is 0.229 e. The maximum atomic E-state index is 13.7. The molecule has 4 heterocycles. The monoisotopic (exact) mass is 758 g/mol. The number of pyridine rings is 1. The van der Waals surface area contributed by atoms with E-state index in [2.05, 4.69) is 77.6 Å². The number of fused-ring (bicyclic) bond motifs is 1. The first-order chi connectivity index (χ1) is 24.1. The molecule has 10 nitrogen and oxygen atoms in total. The summed E-state index contributed by atoms with van der Waals surface area (Å²) in [6.07, 6.45) is 8.85. The number of likely N-dealkylation sites (N-methyl/N-ethyl adjacent to an activating group) is 1. The number of rotatable bonds is 10. The third-order valence-corrected chi connectivity index (χ3v) is 13.0. The number of halogens is 1. The molecule has 50 heavy (non-hydrogen) atoms. The smallest absolute Gasteiger partial charge is 0.229 e. The molecule has 4 fully saturated rings. The maximum absolute atomic E-state index is 13.7. The second kappa shape index (κ2) is 13.7. The Bertz CT molecular complexity index is 1950. The van der Waals surface area contributed by atoms with E-state index in [1.807, 2.05) is 25.5 Å². The molecule has 0 unspecified atom stereocenters. The molecule has 0 radical (unpaired) electrons. The van der Waals surface area contributed by atoms with E-state index in [1.54, 1.807) is 13.3 Å². The Labute approximate surface area is 303 Å². The van der Waals surface area contributed by atoms with Crippen molar-refractivity contribution >= 4 is 68.1 Å². The van der Waals surface area contributed by atoms with Gasteiger partial charge in [0.15, 0.2) is 0 Å². The van der Waals surface area contributed by atoms with Gasteiger partial charge in [-0.25, -0.2) is 4.98 Å². The van der Waals surface area contributed by atoms with Crippen LogP contribution in [0.3, 0.4) is 0 Å². The van der Waals surface area contributed by atoms with Gasteiger partial charge in [-0.3, -0.25) is 9.88 Å². The summed E-state index contributed by atoms with van der Waals surface area (Å²) in [4.78, 5) is 22.1. The van der Waals surface area contributed by atoms with E-state index in [0.717, 1.165) is 65.2 Å². The van der Waals surface area contributed by atoms with E-state index >= 15 is 0 Å². The quantitative estimate of drug-likeness (QED) is 0.158. The van der Waals surface area contributed by atoms with Crippen LogP contribution in [0.5, 0.6) is 5.75 Å². The summed E-state index contributed by atoms with van der Waals surface area (Å²) in [6.45, 7) is 10.4. The second-order valence-electron chi connectivity index (χ2n) is 15.0. The number of piperazine rings is 1. The fraction of sp³-hybridized carbons (Fsp3) is 0.500. The fourth-order valence-corrected chi connectivity index (χ4v) is 9.52. The summed E-state index contributed by atoms with van der Waals surface area (Å²) in [7, 11) is 1.29. The number of benzene rings is 2. The van der Waals surface area contributed by atoms with Crippen molar-refractivity contribution in [2.24, 2.45) is 0 Å². The Hall–Kier alpha value is -3.24. The van der Waals surface area contributed by atoms with Gasteiger partial charge in [-0.2, -0.15) is 4.98 Å². The van der Waals surface area contributed by atoms with Gasteiger partial charge >= 0.3 is 0 Å². The third-order valence-electron chi connectivity index (χ3n) is 10.9. The van der Waals surface area contributed by atoms with Crippen LogP contribution in [-0.4, -0.2) is 97.5 Å². The average Bonchev–Trinajstić information content (AvgIpc) is 4.04. The molecule has 12 heteroatoms. The lowest BCUT2D eigenvalue weighted by molar-refractivity contribution is 0.0981. The summed E-state index contributed by atoms with van der Waals surface area (Å²) in [5, 5.41) is 8.74. The van der Waals surface area contributed by atoms with Gasteiger partial charge in [-0.15, -0.1) is 0 Å². The highest BCUT2D eigenvalue weighted by Crippen LogP contribution is 2.48. The molecule has 2 saturated carbocycles. The van der Waals surface area contributed by atoms with Crippen LogP contribution in [-0.2, 0) is 4.57 Å². The second-order valence-corrected chi connectivity index (χ2v) is 19.0. The Morgan fingerprint density at radius 1 is 0.860 bits per heavy atom. The summed E-state index contributed by atoms with van der Waals surface area (Å²) < 4.78 is 20.5. The molecule has 8 rings (SSSR count). The van der Waals surface area contributed by atoms with Gasteiger partial charge in [0.05, 0.1) is 28.5 Å². The molecule has 0 bridgehead atoms. The molecule has 264 valence electrons. The zero-order valence-electron chi connectivity index (χ0n) is 29.6. The number of aromatic nitrogens is 3. The van der Waals surface area contributed by atoms with Gasteiger partial charge in [0, 0.05) is 85.6 Å². The van der Waals surface area contributed by atoms with Crippen LogP contribution in [0.1, 0.15) is 61.6 Å². The van der Waals surface area contributed by atoms with Gasteiger partial charge in [0.25, 0.3) is 0 Å². The SMILES string of the molecule is COc1cc(Nc2ncc(Br)c(Nc3ccc4nc(C5CC5)ccc4c3P(C)(C)=O)n2)c(C2CC2)cc1N1CCC(N2CCN(C)CC2)CC1. The normalized spacial score (nSPS) is 19.6. The van der Waals surface area contributed by atoms with Crippen molar-refractivity contribution in [3.8, 4) is 5.75 Å². The molecule has 2 N–H and O–H groups in total. The van der Waals surface area contributed by atoms with E-state index in [0.29, 0.717) is 34.1 Å². The van der Waals surface area contributed by atoms with E-state index < -0.39 is 7.14 Å². The standard InChI is InChI=1S/C38H48BrN8O2P/c1-45-17-19-46(20-18-45)26-13-15-47(16-14-26)34-21-28(24-5-6-24)33(22-35(34)49-2)43-38-40-23-29(39)37(44-38)42-32-12-11-31-27(36(32)50(3,4)48)9-10-30(41-31)25-7-8-25/h9-12,21-26H,5-8,13-20H2,1-4H3,(H2,40,42,43,44). The van der Waals surface area contributed by atoms with Crippen molar-refractivity contribution in [3.05, 3.63) is 58.3 Å². The summed E-state index contributed by atoms with van der Waals surface area (Å²) in [5.74, 6) is 3.01. The van der Waals surface area contributed by atoms with Gasteiger partial charge in [0.2, 0.25) is 5.95 Å². The average molecular weight is 760 g/mol. The molecule has 2 aliphatic carbocycles. The Morgan fingerprint density at radius 3 is 2.28 bits per heavy atom. The van der Waals surface area contributed by atoms with Crippen molar-refractivity contribution in [1.82, 2.24) is 24.8 Å². The first-order valence-corrected chi connectivity index (χ1v) is 21.5. The number of hydrogen-bond donors (Lipinski definition) is 2. The molecule has 2 aromatic carbocycles. The van der Waals surface area contributed by atoms with Crippen molar-refractivity contribution in [3.63, 3.8) is 0 Å². The summed E-state index contributed by atoms with van der Waals surface area (Å²) in [5.41, 5.74) is 6.22. The van der Waals surface area contributed by atoms with Crippen LogP contribution in [0.25, 0.3) is 10.9 Å². The molecule has 4 aliphatic rings. The van der Waals surface area contributed by atoms with Crippen molar-refractivity contribution < 1.29 is 9.30 Å². The van der Waals surface area contributed by atoms with Crippen LogP contribution in [0.15, 0.2) is 47.1 Å². The number of anilines is 5. The van der Waals surface area contributed by atoms with E-state index in [4.69, 9.17) is 14.7 Å². The predicted molar refractivity (Wildman–Crippen MR) is 208 cm³/mol. The van der Waals surface area contributed by atoms with Gasteiger partial charge in [-0.1, -0.05) is 6.07 Å². The van der Waals surface area contributed by atoms with E-state index in [-0.39, 0.29) is 0 Å². The van der Waals surface area contributed by atoms with Crippen LogP contribution >= 0.6 is 23.1 Å². The fourth-order valence-electron chi connectivity index (χ4n) is 7.75. The van der Waals surface area contributed by atoms with Crippen molar-refractivity contribution in [2.45, 2.75) is 56.4 Å². The number of ether oxygens (including phenoxy) is 1. The van der Waals surface area contributed by atoms with Crippen molar-refractivity contribution in [2.75, 3.05) is 82.3 Å². The van der Waals surface area contributed by atoms with E-state index in [1.165, 1.54) is 62.9 Å². The van der Waals surface area contributed by atoms with Gasteiger partial charge in [0.1, 0.15) is 18.7 Å². The number of nitrogens with zero attached hydrogens (tertiary/aromatic N) is 6. The first kappa shape index (κ1) is 33.9. The van der Waals surface area contributed by atoms with Crippen LogP contribution in [0.2, 0.25) is 0 Å². The van der Waals surface area contributed by atoms with Gasteiger partial charge in [-0.05, 0) is 111 Å². The topological polar surface area (TPSA) is 98.7 Å². The predicted octanol–water partition coefficient (Wildman–Crippen LogP) is 7.50.